The molecule has 0 aromatic carbocycles. The van der Waals surface area contributed by atoms with Gasteiger partial charge in [-0.05, 0) is 29.7 Å². The summed E-state index contributed by atoms with van der Waals surface area (Å²) >= 11 is 1.35. The molecule has 2 aromatic rings. The number of fused-ring (bicyclic) bond motifs is 1. The van der Waals surface area contributed by atoms with Crippen molar-refractivity contribution < 1.29 is 9.67 Å². The van der Waals surface area contributed by atoms with Gasteiger partial charge in [0, 0.05) is 0 Å². The third kappa shape index (κ3) is 1.19. The van der Waals surface area contributed by atoms with Gasteiger partial charge in [-0.1, -0.05) is 5.10 Å². The molecule has 0 fully saturated rings. The van der Waals surface area contributed by atoms with Crippen LogP contribution in [0.4, 0.5) is 0 Å². The Morgan fingerprint density at radius 1 is 1.71 bits per heavy atom. The second-order valence-corrected chi connectivity index (χ2v) is 4.04. The van der Waals surface area contributed by atoms with Crippen molar-refractivity contribution in [3.8, 4) is 5.88 Å². The Kier molecular flexibility index (Phi) is 1.99. The number of hydrogen-bond acceptors (Lipinski definition) is 4. The van der Waals surface area contributed by atoms with E-state index in [0.717, 1.165) is 11.1 Å². The van der Waals surface area contributed by atoms with Crippen molar-refractivity contribution in [1.29, 1.82) is 0 Å². The first-order valence-corrected chi connectivity index (χ1v) is 5.05. The Labute approximate surface area is 83.9 Å². The highest BCUT2D eigenvalue weighted by Gasteiger charge is 2.15. The molecule has 0 bridgehead atoms. The van der Waals surface area contributed by atoms with E-state index in [1.165, 1.54) is 20.4 Å². The Bertz CT molecular complexity index is 543. The van der Waals surface area contributed by atoms with Gasteiger partial charge in [-0.15, -0.1) is 0 Å². The average Bonchev–Trinajstić information content (AvgIpc) is 2.48. The second-order valence-electron chi connectivity index (χ2n) is 2.88. The second kappa shape index (κ2) is 3.06. The molecule has 2 heterocycles. The van der Waals surface area contributed by atoms with E-state index in [0.29, 0.717) is 11.5 Å². The van der Waals surface area contributed by atoms with Crippen molar-refractivity contribution in [2.75, 3.05) is 0 Å². The lowest BCUT2D eigenvalue weighted by atomic mass is 10.5. The minimum atomic E-state index is -0.362. The lowest BCUT2D eigenvalue weighted by Gasteiger charge is -2.06. The van der Waals surface area contributed by atoms with E-state index in [-0.39, 0.29) is 11.4 Å². The summed E-state index contributed by atoms with van der Waals surface area (Å²) in [6.07, 6.45) is 0. The fraction of sp³-hybridized carbons (Fsp3) is 0.375. The van der Waals surface area contributed by atoms with Crippen molar-refractivity contribution in [2.45, 2.75) is 20.4 Å². The predicted molar refractivity (Wildman–Crippen MR) is 49.4 cm³/mol. The summed E-state index contributed by atoms with van der Waals surface area (Å²) in [6, 6.07) is 1.07. The van der Waals surface area contributed by atoms with Gasteiger partial charge in [0.15, 0.2) is 0 Å². The van der Waals surface area contributed by atoms with Crippen molar-refractivity contribution >= 4 is 16.3 Å². The third-order valence-corrected chi connectivity index (χ3v) is 2.88. The van der Waals surface area contributed by atoms with Crippen LogP contribution in [-0.4, -0.2) is 9.61 Å². The Morgan fingerprint density at radius 3 is 3.07 bits per heavy atom. The van der Waals surface area contributed by atoms with Crippen LogP contribution in [0.1, 0.15) is 11.9 Å². The molecule has 0 radical (unpaired) electrons. The zero-order chi connectivity index (χ0) is 10.3. The zero-order valence-electron chi connectivity index (χ0n) is 7.85. The van der Waals surface area contributed by atoms with E-state index in [2.05, 4.69) is 5.10 Å². The van der Waals surface area contributed by atoms with Gasteiger partial charge in [0.05, 0.1) is 18.5 Å². The molecule has 0 unspecified atom stereocenters. The summed E-state index contributed by atoms with van der Waals surface area (Å²) in [7, 11) is 0. The van der Waals surface area contributed by atoms with Gasteiger partial charge < -0.3 is 5.11 Å². The molecule has 14 heavy (non-hydrogen) atoms. The van der Waals surface area contributed by atoms with Crippen LogP contribution in [-0.2, 0) is 6.54 Å². The Morgan fingerprint density at radius 2 is 2.43 bits per heavy atom. The fourth-order valence-electron chi connectivity index (χ4n) is 1.32. The number of aryl methyl sites for hydroxylation is 2. The molecule has 0 aliphatic rings. The van der Waals surface area contributed by atoms with Crippen LogP contribution in [0.3, 0.4) is 0 Å². The SMILES string of the molecule is CC[n+]1c([O-])cc(=O)n2nc(C)sc21. The van der Waals surface area contributed by atoms with Crippen molar-refractivity contribution in [2.24, 2.45) is 0 Å². The Balaban J connectivity index is 2.97. The van der Waals surface area contributed by atoms with Gasteiger partial charge in [0.1, 0.15) is 5.01 Å². The molecule has 6 heteroatoms. The summed E-state index contributed by atoms with van der Waals surface area (Å²) in [5.74, 6) is -0.263. The highest BCUT2D eigenvalue weighted by Crippen LogP contribution is 2.09. The topological polar surface area (TPSA) is 61.3 Å². The molecule has 0 spiro atoms. The molecule has 0 aliphatic heterocycles. The maximum absolute atomic E-state index is 11.4. The van der Waals surface area contributed by atoms with Crippen LogP contribution < -0.4 is 15.2 Å². The first kappa shape index (κ1) is 9.14. The first-order chi connectivity index (χ1) is 6.63. The van der Waals surface area contributed by atoms with Crippen LogP contribution in [0, 0.1) is 6.92 Å². The van der Waals surface area contributed by atoms with E-state index in [1.807, 2.05) is 13.8 Å². The van der Waals surface area contributed by atoms with Gasteiger partial charge >= 0.3 is 10.5 Å². The molecule has 0 atom stereocenters. The fourth-order valence-corrected chi connectivity index (χ4v) is 2.26. The molecule has 0 saturated heterocycles. The van der Waals surface area contributed by atoms with Gasteiger partial charge in [0.2, 0.25) is 0 Å². The largest absolute Gasteiger partial charge is 0.842 e. The quantitative estimate of drug-likeness (QED) is 0.594. The molecule has 0 amide bonds. The van der Waals surface area contributed by atoms with E-state index < -0.39 is 0 Å². The smallest absolute Gasteiger partial charge is 0.371 e. The van der Waals surface area contributed by atoms with Crippen molar-refractivity contribution in [3.63, 3.8) is 0 Å². The summed E-state index contributed by atoms with van der Waals surface area (Å²) < 4.78 is 2.80. The van der Waals surface area contributed by atoms with Gasteiger partial charge in [-0.2, -0.15) is 0 Å². The maximum Gasteiger partial charge on any atom is 0.371 e. The third-order valence-electron chi connectivity index (χ3n) is 1.93. The standard InChI is InChI=1S/C8H9N3O2S/c1-3-10-6(12)4-7(13)11-8(10)14-5(2)9-11/h4H,3H2,1-2H3. The van der Waals surface area contributed by atoms with Gasteiger partial charge in [-0.25, -0.2) is 9.36 Å². The first-order valence-electron chi connectivity index (χ1n) is 4.24. The number of nitrogens with zero attached hydrogens (tertiary/aromatic N) is 3. The predicted octanol–water partition coefficient (Wildman–Crippen LogP) is -0.555. The molecule has 0 saturated carbocycles. The van der Waals surface area contributed by atoms with Crippen LogP contribution in [0.25, 0.3) is 4.96 Å². The summed E-state index contributed by atoms with van der Waals surface area (Å²) in [4.78, 5) is 12.0. The lowest BCUT2D eigenvalue weighted by Crippen LogP contribution is -2.41. The highest BCUT2D eigenvalue weighted by molar-refractivity contribution is 7.16. The van der Waals surface area contributed by atoms with E-state index in [4.69, 9.17) is 0 Å². The molecule has 2 aromatic heterocycles. The molecular formula is C8H9N3O2S. The normalized spacial score (nSPS) is 11.0. The van der Waals surface area contributed by atoms with Gasteiger partial charge in [-0.3, -0.25) is 0 Å². The summed E-state index contributed by atoms with van der Waals surface area (Å²) in [5, 5.41) is 16.2. The minimum absolute atomic E-state index is 0.263. The van der Waals surface area contributed by atoms with Crippen LogP contribution >= 0.6 is 11.3 Å². The molecular weight excluding hydrogens is 202 g/mol. The zero-order valence-corrected chi connectivity index (χ0v) is 8.67. The van der Waals surface area contributed by atoms with Crippen molar-refractivity contribution in [3.05, 3.63) is 21.4 Å². The van der Waals surface area contributed by atoms with Gasteiger partial charge in [0.25, 0.3) is 0 Å². The summed E-state index contributed by atoms with van der Waals surface area (Å²) in [5.41, 5.74) is -0.362. The van der Waals surface area contributed by atoms with E-state index >= 15 is 0 Å². The number of aromatic nitrogens is 3. The maximum atomic E-state index is 11.4. The number of rotatable bonds is 1. The average molecular weight is 211 g/mol. The highest BCUT2D eigenvalue weighted by atomic mass is 32.1. The van der Waals surface area contributed by atoms with Crippen LogP contribution in [0.15, 0.2) is 10.9 Å². The summed E-state index contributed by atoms with van der Waals surface area (Å²) in [6.45, 7) is 4.22. The molecule has 2 rings (SSSR count). The molecule has 0 N–H and O–H groups in total. The van der Waals surface area contributed by atoms with E-state index in [9.17, 15) is 9.90 Å². The molecule has 0 aliphatic carbocycles. The van der Waals surface area contributed by atoms with Crippen molar-refractivity contribution in [1.82, 2.24) is 9.61 Å². The lowest BCUT2D eigenvalue weighted by molar-refractivity contribution is -0.711. The number of hydrogen-bond donors (Lipinski definition) is 0. The van der Waals surface area contributed by atoms with E-state index in [1.54, 1.807) is 0 Å². The minimum Gasteiger partial charge on any atom is -0.842 e. The van der Waals surface area contributed by atoms with Crippen LogP contribution in [0.5, 0.6) is 5.88 Å². The Hall–Kier alpha value is -1.43. The monoisotopic (exact) mass is 211 g/mol. The molecule has 5 nitrogen and oxygen atoms in total. The van der Waals surface area contributed by atoms with Crippen LogP contribution in [0.2, 0.25) is 0 Å². The molecule has 74 valence electrons.